The minimum absolute atomic E-state index is 0.116. The van der Waals surface area contributed by atoms with Gasteiger partial charge in [-0.25, -0.2) is 0 Å². The number of carbonyl (C=O) groups excluding carboxylic acids is 1. The average Bonchev–Trinajstić information content (AvgIpc) is 3.19. The molecule has 0 N–H and O–H groups in total. The number of hydrogen-bond acceptors (Lipinski definition) is 6. The van der Waals surface area contributed by atoms with E-state index in [1.165, 1.54) is 24.3 Å². The second kappa shape index (κ2) is 8.39. The van der Waals surface area contributed by atoms with Crippen molar-refractivity contribution in [3.05, 3.63) is 111 Å². The van der Waals surface area contributed by atoms with Crippen LogP contribution in [0.5, 0.6) is 0 Å². The number of nitro benzene ring substituents is 1. The fourth-order valence-electron chi connectivity index (χ4n) is 5.21. The van der Waals surface area contributed by atoms with Gasteiger partial charge in [0.1, 0.15) is 6.04 Å². The zero-order chi connectivity index (χ0) is 24.7. The highest BCUT2D eigenvalue weighted by Crippen LogP contribution is 2.55. The fraction of sp³-hybridized carbons (Fsp3) is 0.148. The molecule has 7 nitrogen and oxygen atoms in total. The predicted molar refractivity (Wildman–Crippen MR) is 131 cm³/mol. The largest absolute Gasteiger partial charge is 0.351 e. The fourth-order valence-corrected chi connectivity index (χ4v) is 5.40. The van der Waals surface area contributed by atoms with Crippen LogP contribution in [0.25, 0.3) is 6.08 Å². The van der Waals surface area contributed by atoms with E-state index in [2.05, 4.69) is 12.1 Å². The molecule has 0 amide bonds. The third kappa shape index (κ3) is 3.37. The minimum Gasteiger partial charge on any atom is -0.351 e. The summed E-state index contributed by atoms with van der Waals surface area (Å²) in [7, 11) is 0. The van der Waals surface area contributed by atoms with Gasteiger partial charge >= 0.3 is 0 Å². The van der Waals surface area contributed by atoms with E-state index in [0.29, 0.717) is 21.8 Å². The molecule has 2 heterocycles. The van der Waals surface area contributed by atoms with Crippen LogP contribution in [0, 0.1) is 38.2 Å². The van der Waals surface area contributed by atoms with Crippen molar-refractivity contribution >= 4 is 34.8 Å². The summed E-state index contributed by atoms with van der Waals surface area (Å²) in [5, 5.41) is 32.6. The highest BCUT2D eigenvalue weighted by Gasteiger charge is 2.63. The summed E-state index contributed by atoms with van der Waals surface area (Å²) >= 11 is 6.21. The normalized spacial score (nSPS) is 21.3. The number of carbonyl (C=O) groups is 1. The van der Waals surface area contributed by atoms with Crippen LogP contribution in [0.4, 0.5) is 11.4 Å². The Hall–Kier alpha value is -4.46. The van der Waals surface area contributed by atoms with Crippen LogP contribution in [-0.4, -0.2) is 22.8 Å². The number of anilines is 1. The van der Waals surface area contributed by atoms with Crippen LogP contribution < -0.4 is 4.90 Å². The monoisotopic (exact) mass is 480 g/mol. The highest BCUT2D eigenvalue weighted by atomic mass is 35.5. The number of non-ortho nitro benzene ring substituents is 1. The Morgan fingerprint density at radius 1 is 1.03 bits per heavy atom. The molecule has 3 aromatic carbocycles. The topological polar surface area (TPSA) is 111 Å². The van der Waals surface area contributed by atoms with Crippen LogP contribution in [-0.2, 0) is 0 Å². The van der Waals surface area contributed by atoms with E-state index < -0.39 is 28.3 Å². The van der Waals surface area contributed by atoms with E-state index in [4.69, 9.17) is 11.6 Å². The van der Waals surface area contributed by atoms with E-state index in [9.17, 15) is 25.4 Å². The number of fused-ring (bicyclic) bond motifs is 3. The van der Waals surface area contributed by atoms with Crippen LogP contribution in [0.1, 0.15) is 27.4 Å². The van der Waals surface area contributed by atoms with E-state index >= 15 is 0 Å². The zero-order valence-electron chi connectivity index (χ0n) is 18.2. The molecule has 35 heavy (non-hydrogen) atoms. The van der Waals surface area contributed by atoms with Crippen molar-refractivity contribution in [2.45, 2.75) is 18.0 Å². The van der Waals surface area contributed by atoms with Gasteiger partial charge in [0, 0.05) is 34.3 Å². The molecule has 8 heteroatoms. The quantitative estimate of drug-likeness (QED) is 0.275. The van der Waals surface area contributed by atoms with Crippen molar-refractivity contribution < 1.29 is 9.72 Å². The molecule has 2 aliphatic rings. The minimum atomic E-state index is -1.63. The van der Waals surface area contributed by atoms with Crippen molar-refractivity contribution in [3.63, 3.8) is 0 Å². The third-order valence-electron chi connectivity index (χ3n) is 6.76. The summed E-state index contributed by atoms with van der Waals surface area (Å²) in [5.41, 5.74) is 0.671. The van der Waals surface area contributed by atoms with Gasteiger partial charge in [-0.2, -0.15) is 10.5 Å². The lowest BCUT2D eigenvalue weighted by Gasteiger charge is -2.35. The average molecular weight is 481 g/mol. The predicted octanol–water partition coefficient (Wildman–Crippen LogP) is 5.53. The molecule has 0 aromatic heterocycles. The van der Waals surface area contributed by atoms with E-state index in [0.717, 1.165) is 5.56 Å². The molecule has 0 aliphatic carbocycles. The number of ketones is 1. The van der Waals surface area contributed by atoms with Crippen molar-refractivity contribution in [2.75, 3.05) is 4.90 Å². The summed E-state index contributed by atoms with van der Waals surface area (Å²) in [5.74, 6) is -1.12. The maximum absolute atomic E-state index is 14.0. The number of nitriles is 2. The Morgan fingerprint density at radius 3 is 2.34 bits per heavy atom. The van der Waals surface area contributed by atoms with Crippen molar-refractivity contribution in [1.82, 2.24) is 0 Å². The number of Topliss-reactive ketones (excluding diaryl/α,β-unsaturated/α-hetero) is 1. The number of benzene rings is 3. The molecular weight excluding hydrogens is 464 g/mol. The van der Waals surface area contributed by atoms with Crippen LogP contribution in [0.2, 0.25) is 5.02 Å². The Bertz CT molecular complexity index is 1440. The van der Waals surface area contributed by atoms with Crippen LogP contribution in [0.15, 0.2) is 78.9 Å². The smallest absolute Gasteiger partial charge is 0.269 e. The Morgan fingerprint density at radius 2 is 1.71 bits per heavy atom. The molecule has 0 unspecified atom stereocenters. The standard InChI is InChI=1S/C27H17ClN4O3/c28-20-9-12-22-19(14-20)8-13-23-27(15-29,16-30)24(17-6-10-21(11-7-17)32(34)35)25(31(22)23)26(33)18-4-2-1-3-5-18/h1-14,23-25H/t23-,24+,25-/m0/s1. The molecule has 0 bridgehead atoms. The van der Waals surface area contributed by atoms with E-state index in [-0.39, 0.29) is 11.5 Å². The maximum Gasteiger partial charge on any atom is 0.269 e. The lowest BCUT2D eigenvalue weighted by atomic mass is 9.69. The number of nitro groups is 1. The van der Waals surface area contributed by atoms with Crippen molar-refractivity contribution in [1.29, 1.82) is 10.5 Å². The summed E-state index contributed by atoms with van der Waals surface area (Å²) in [6.45, 7) is 0. The Kier molecular flexibility index (Phi) is 5.36. The number of halogens is 1. The second-order valence-corrected chi connectivity index (χ2v) is 8.94. The molecule has 0 spiro atoms. The van der Waals surface area contributed by atoms with Gasteiger partial charge in [-0.05, 0) is 29.3 Å². The lowest BCUT2D eigenvalue weighted by molar-refractivity contribution is -0.384. The zero-order valence-corrected chi connectivity index (χ0v) is 19.0. The second-order valence-electron chi connectivity index (χ2n) is 8.51. The van der Waals surface area contributed by atoms with Gasteiger partial charge < -0.3 is 4.90 Å². The van der Waals surface area contributed by atoms with Gasteiger partial charge in [-0.15, -0.1) is 0 Å². The van der Waals surface area contributed by atoms with Gasteiger partial charge in [-0.1, -0.05) is 66.2 Å². The van der Waals surface area contributed by atoms with Gasteiger partial charge in [-0.3, -0.25) is 14.9 Å². The molecule has 1 saturated heterocycles. The molecule has 1 fully saturated rings. The first-order chi connectivity index (χ1) is 16.9. The van der Waals surface area contributed by atoms with Gasteiger partial charge in [0.25, 0.3) is 5.69 Å². The maximum atomic E-state index is 14.0. The Labute approximate surface area is 206 Å². The van der Waals surface area contributed by atoms with Crippen molar-refractivity contribution in [2.24, 2.45) is 5.41 Å². The summed E-state index contributed by atoms with van der Waals surface area (Å²) in [4.78, 5) is 26.6. The first-order valence-electron chi connectivity index (χ1n) is 10.8. The van der Waals surface area contributed by atoms with E-state index in [1.54, 1.807) is 54.6 Å². The molecule has 0 saturated carbocycles. The van der Waals surface area contributed by atoms with Gasteiger partial charge in [0.2, 0.25) is 0 Å². The molecule has 3 atom stereocenters. The summed E-state index contributed by atoms with van der Waals surface area (Å²) in [6, 6.07) is 22.5. The van der Waals surface area contributed by atoms with Gasteiger partial charge in [0.05, 0.1) is 23.1 Å². The number of nitrogens with zero attached hydrogens (tertiary/aromatic N) is 4. The first-order valence-corrected chi connectivity index (χ1v) is 11.2. The van der Waals surface area contributed by atoms with Crippen molar-refractivity contribution in [3.8, 4) is 12.1 Å². The van der Waals surface area contributed by atoms with Crippen LogP contribution in [0.3, 0.4) is 0 Å². The highest BCUT2D eigenvalue weighted by molar-refractivity contribution is 6.30. The summed E-state index contributed by atoms with van der Waals surface area (Å²) < 4.78 is 0. The number of rotatable bonds is 4. The molecule has 2 aliphatic heterocycles. The third-order valence-corrected chi connectivity index (χ3v) is 6.99. The lowest BCUT2D eigenvalue weighted by Crippen LogP contribution is -2.44. The first kappa shape index (κ1) is 22.3. The SMILES string of the molecule is N#CC1(C#N)[C@H](c2ccc([N+](=O)[O-])cc2)[C@@H](C(=O)c2ccccc2)N2c3ccc(Cl)cc3C=C[C@H]21. The Balaban J connectivity index is 1.77. The summed E-state index contributed by atoms with van der Waals surface area (Å²) in [6.07, 6.45) is 3.58. The van der Waals surface area contributed by atoms with E-state index in [1.807, 2.05) is 11.0 Å². The number of hydrogen-bond donors (Lipinski definition) is 0. The molecule has 5 rings (SSSR count). The molecule has 0 radical (unpaired) electrons. The molecular formula is C27H17ClN4O3. The van der Waals surface area contributed by atoms with Gasteiger partial charge in [0.15, 0.2) is 11.2 Å². The molecule has 170 valence electrons. The molecule has 3 aromatic rings. The van der Waals surface area contributed by atoms with Crippen LogP contribution >= 0.6 is 11.6 Å².